The highest BCUT2D eigenvalue weighted by Crippen LogP contribution is 2.36. The molecule has 0 atom stereocenters. The van der Waals surface area contributed by atoms with Gasteiger partial charge in [0, 0.05) is 19.1 Å². The summed E-state index contributed by atoms with van der Waals surface area (Å²) in [6.45, 7) is 5.37. The van der Waals surface area contributed by atoms with Gasteiger partial charge in [-0.05, 0) is 37.8 Å². The number of likely N-dealkylation sites (N-methyl/N-ethyl adjacent to an activating group) is 1. The third-order valence-corrected chi connectivity index (χ3v) is 6.79. The number of carbonyl (C=O) groups is 2. The largest absolute Gasteiger partial charge is 0.362 e. The molecule has 1 aliphatic carbocycles. The van der Waals surface area contributed by atoms with Crippen LogP contribution in [0.3, 0.4) is 0 Å². The monoisotopic (exact) mass is 430 g/mol. The molecule has 0 N–H and O–H groups in total. The fourth-order valence-corrected chi connectivity index (χ4v) is 4.99. The normalized spacial score (nSPS) is 18.1. The first-order valence-corrected chi connectivity index (χ1v) is 12.1. The molecule has 0 bridgehead atoms. The summed E-state index contributed by atoms with van der Waals surface area (Å²) in [7, 11) is 0. The van der Waals surface area contributed by atoms with Crippen molar-refractivity contribution in [1.29, 1.82) is 0 Å². The Labute approximate surface area is 191 Å². The first kappa shape index (κ1) is 22.3. The lowest BCUT2D eigenvalue weighted by Crippen LogP contribution is -2.43. The smallest absolute Gasteiger partial charge is 0.278 e. The number of hydrogen-bond donors (Lipinski definition) is 0. The number of amides is 2. The summed E-state index contributed by atoms with van der Waals surface area (Å²) in [5, 5.41) is 0. The van der Waals surface area contributed by atoms with Gasteiger partial charge in [0.05, 0.1) is 5.57 Å². The van der Waals surface area contributed by atoms with Crippen LogP contribution in [0, 0.1) is 6.92 Å². The summed E-state index contributed by atoms with van der Waals surface area (Å²) in [4.78, 5) is 31.3. The van der Waals surface area contributed by atoms with E-state index in [0.29, 0.717) is 24.4 Å². The number of rotatable bonds is 6. The standard InChI is InChI=1S/C28H34N2O2/c1-3-29(20-22-12-8-7-9-13-22)26-25(23-18-16-21(2)17-19-23)27(31)30(28(26)32)24-14-10-5-4-6-11-15-24/h7-9,12-13,16-19,24H,3-6,10-11,14-15,20H2,1-2H3. The van der Waals surface area contributed by atoms with Crippen LogP contribution in [0.1, 0.15) is 68.6 Å². The zero-order valence-corrected chi connectivity index (χ0v) is 19.3. The first-order chi connectivity index (χ1) is 15.6. The van der Waals surface area contributed by atoms with E-state index in [4.69, 9.17) is 0 Å². The fourth-order valence-electron chi connectivity index (χ4n) is 4.99. The summed E-state index contributed by atoms with van der Waals surface area (Å²) >= 11 is 0. The molecule has 1 saturated carbocycles. The van der Waals surface area contributed by atoms with Crippen molar-refractivity contribution in [3.63, 3.8) is 0 Å². The molecular formula is C28H34N2O2. The number of carbonyl (C=O) groups excluding carboxylic acids is 2. The summed E-state index contributed by atoms with van der Waals surface area (Å²) < 4.78 is 0. The second-order valence-corrected chi connectivity index (χ2v) is 9.07. The van der Waals surface area contributed by atoms with Crippen molar-refractivity contribution in [3.05, 3.63) is 77.0 Å². The van der Waals surface area contributed by atoms with E-state index in [1.807, 2.05) is 49.4 Å². The minimum atomic E-state index is -0.120. The Morgan fingerprint density at radius 1 is 0.844 bits per heavy atom. The molecule has 1 aliphatic heterocycles. The van der Waals surface area contributed by atoms with Gasteiger partial charge in [-0.3, -0.25) is 14.5 Å². The van der Waals surface area contributed by atoms with E-state index in [9.17, 15) is 9.59 Å². The van der Waals surface area contributed by atoms with Crippen molar-refractivity contribution < 1.29 is 9.59 Å². The predicted molar refractivity (Wildman–Crippen MR) is 129 cm³/mol. The highest BCUT2D eigenvalue weighted by Gasteiger charge is 2.44. The predicted octanol–water partition coefficient (Wildman–Crippen LogP) is 5.71. The Bertz CT molecular complexity index is 970. The van der Waals surface area contributed by atoms with Gasteiger partial charge in [0.2, 0.25) is 0 Å². The Hall–Kier alpha value is -2.88. The molecule has 4 rings (SSSR count). The van der Waals surface area contributed by atoms with Gasteiger partial charge in [-0.25, -0.2) is 0 Å². The summed E-state index contributed by atoms with van der Waals surface area (Å²) in [6, 6.07) is 18.2. The Kier molecular flexibility index (Phi) is 7.09. The quantitative estimate of drug-likeness (QED) is 0.551. The third kappa shape index (κ3) is 4.64. The van der Waals surface area contributed by atoms with E-state index in [2.05, 4.69) is 24.0 Å². The Morgan fingerprint density at radius 3 is 2.09 bits per heavy atom. The van der Waals surface area contributed by atoms with Crippen molar-refractivity contribution in [3.8, 4) is 0 Å². The van der Waals surface area contributed by atoms with Crippen LogP contribution in [-0.2, 0) is 16.1 Å². The van der Waals surface area contributed by atoms with E-state index >= 15 is 0 Å². The van der Waals surface area contributed by atoms with Gasteiger partial charge in [0.15, 0.2) is 0 Å². The van der Waals surface area contributed by atoms with Crippen LogP contribution in [0.4, 0.5) is 0 Å². The van der Waals surface area contributed by atoms with Crippen molar-refractivity contribution in [2.24, 2.45) is 0 Å². The molecule has 0 unspecified atom stereocenters. The van der Waals surface area contributed by atoms with Crippen LogP contribution in [0.2, 0.25) is 0 Å². The summed E-state index contributed by atoms with van der Waals surface area (Å²) in [5.74, 6) is -0.236. The number of aryl methyl sites for hydroxylation is 1. The van der Waals surface area contributed by atoms with Crippen LogP contribution in [0.15, 0.2) is 60.3 Å². The zero-order chi connectivity index (χ0) is 22.5. The van der Waals surface area contributed by atoms with Crippen LogP contribution in [0.5, 0.6) is 0 Å². The molecule has 0 spiro atoms. The molecule has 2 aromatic rings. The molecule has 0 aromatic heterocycles. The minimum absolute atomic E-state index is 0.00341. The van der Waals surface area contributed by atoms with Crippen molar-refractivity contribution >= 4 is 17.4 Å². The lowest BCUT2D eigenvalue weighted by atomic mass is 9.95. The topological polar surface area (TPSA) is 40.6 Å². The van der Waals surface area contributed by atoms with Gasteiger partial charge in [-0.1, -0.05) is 92.3 Å². The van der Waals surface area contributed by atoms with Gasteiger partial charge >= 0.3 is 0 Å². The van der Waals surface area contributed by atoms with E-state index in [0.717, 1.165) is 42.4 Å². The van der Waals surface area contributed by atoms with Crippen LogP contribution >= 0.6 is 0 Å². The zero-order valence-electron chi connectivity index (χ0n) is 19.3. The number of hydrogen-bond acceptors (Lipinski definition) is 3. The Balaban J connectivity index is 1.74. The van der Waals surface area contributed by atoms with Gasteiger partial charge in [-0.15, -0.1) is 0 Å². The lowest BCUT2D eigenvalue weighted by Gasteiger charge is -2.30. The molecule has 32 heavy (non-hydrogen) atoms. The van der Waals surface area contributed by atoms with Crippen LogP contribution in [0.25, 0.3) is 5.57 Å². The van der Waals surface area contributed by atoms with E-state index in [1.54, 1.807) is 4.90 Å². The summed E-state index contributed by atoms with van der Waals surface area (Å²) in [6.07, 6.45) is 7.62. The average Bonchev–Trinajstić information content (AvgIpc) is 3.03. The molecular weight excluding hydrogens is 396 g/mol. The average molecular weight is 431 g/mol. The second-order valence-electron chi connectivity index (χ2n) is 9.07. The number of benzene rings is 2. The number of imide groups is 1. The summed E-state index contributed by atoms with van der Waals surface area (Å²) in [5.41, 5.74) is 4.24. The molecule has 2 aliphatic rings. The highest BCUT2D eigenvalue weighted by molar-refractivity contribution is 6.35. The molecule has 168 valence electrons. The van der Waals surface area contributed by atoms with Gasteiger partial charge in [-0.2, -0.15) is 0 Å². The van der Waals surface area contributed by atoms with Crippen LogP contribution in [-0.4, -0.2) is 34.2 Å². The molecule has 4 nitrogen and oxygen atoms in total. The maximum atomic E-state index is 13.9. The maximum Gasteiger partial charge on any atom is 0.278 e. The molecule has 2 aromatic carbocycles. The van der Waals surface area contributed by atoms with E-state index in [-0.39, 0.29) is 17.9 Å². The maximum absolute atomic E-state index is 13.9. The van der Waals surface area contributed by atoms with Crippen molar-refractivity contribution in [2.75, 3.05) is 6.54 Å². The minimum Gasteiger partial charge on any atom is -0.362 e. The molecule has 1 fully saturated rings. The third-order valence-electron chi connectivity index (χ3n) is 6.79. The second kappa shape index (κ2) is 10.2. The van der Waals surface area contributed by atoms with E-state index < -0.39 is 0 Å². The molecule has 1 heterocycles. The van der Waals surface area contributed by atoms with Gasteiger partial charge < -0.3 is 4.90 Å². The van der Waals surface area contributed by atoms with Gasteiger partial charge in [0.1, 0.15) is 5.70 Å². The van der Waals surface area contributed by atoms with Crippen molar-refractivity contribution in [2.45, 2.75) is 71.4 Å². The molecule has 0 saturated heterocycles. The SMILES string of the molecule is CCN(Cc1ccccc1)C1=C(c2ccc(C)cc2)C(=O)N(C2CCCCCCC2)C1=O. The lowest BCUT2D eigenvalue weighted by molar-refractivity contribution is -0.140. The Morgan fingerprint density at radius 2 is 1.47 bits per heavy atom. The van der Waals surface area contributed by atoms with Gasteiger partial charge in [0.25, 0.3) is 11.8 Å². The number of nitrogens with zero attached hydrogens (tertiary/aromatic N) is 2. The van der Waals surface area contributed by atoms with E-state index in [1.165, 1.54) is 19.3 Å². The van der Waals surface area contributed by atoms with Crippen molar-refractivity contribution in [1.82, 2.24) is 9.80 Å². The highest BCUT2D eigenvalue weighted by atomic mass is 16.2. The molecule has 4 heteroatoms. The molecule has 2 amide bonds. The van der Waals surface area contributed by atoms with Crippen LogP contribution < -0.4 is 0 Å². The fraction of sp³-hybridized carbons (Fsp3) is 0.429. The molecule has 0 radical (unpaired) electrons. The first-order valence-electron chi connectivity index (χ1n) is 12.1.